The summed E-state index contributed by atoms with van der Waals surface area (Å²) >= 11 is 0. The Hall–Kier alpha value is -1.68. The molecular weight excluding hydrogens is 274 g/mol. The van der Waals surface area contributed by atoms with Gasteiger partial charge in [0, 0.05) is 17.5 Å². The number of benzene rings is 1. The minimum atomic E-state index is -0.0170. The molecule has 0 atom stereocenters. The van der Waals surface area contributed by atoms with Crippen molar-refractivity contribution in [2.75, 3.05) is 12.3 Å². The van der Waals surface area contributed by atoms with Crippen LogP contribution < -0.4 is 10.5 Å². The quantitative estimate of drug-likeness (QED) is 0.942. The van der Waals surface area contributed by atoms with E-state index in [9.17, 15) is 0 Å². The zero-order valence-corrected chi connectivity index (χ0v) is 13.2. The van der Waals surface area contributed by atoms with Crippen LogP contribution in [0.3, 0.4) is 0 Å². The number of nitrogens with two attached hydrogens (primary N) is 1. The molecule has 5 heteroatoms. The van der Waals surface area contributed by atoms with Gasteiger partial charge in [0.2, 0.25) is 0 Å². The van der Waals surface area contributed by atoms with Crippen molar-refractivity contribution < 1.29 is 4.74 Å². The van der Waals surface area contributed by atoms with Crippen LogP contribution >= 0.6 is 12.4 Å². The number of halogens is 1. The largest absolute Gasteiger partial charge is 0.494 e. The summed E-state index contributed by atoms with van der Waals surface area (Å²) in [5.41, 5.74) is 7.93. The minimum Gasteiger partial charge on any atom is -0.494 e. The second-order valence-electron chi connectivity index (χ2n) is 5.55. The van der Waals surface area contributed by atoms with Gasteiger partial charge in [-0.3, -0.25) is 0 Å². The summed E-state index contributed by atoms with van der Waals surface area (Å²) in [7, 11) is 0. The van der Waals surface area contributed by atoms with Gasteiger partial charge in [-0.25, -0.2) is 4.68 Å². The number of aromatic nitrogens is 2. The van der Waals surface area contributed by atoms with Gasteiger partial charge in [0.05, 0.1) is 18.0 Å². The molecule has 0 aliphatic rings. The molecule has 0 aliphatic heterocycles. The third-order valence-corrected chi connectivity index (χ3v) is 2.88. The molecule has 2 rings (SSSR count). The Morgan fingerprint density at radius 2 is 1.95 bits per heavy atom. The van der Waals surface area contributed by atoms with E-state index >= 15 is 0 Å². The van der Waals surface area contributed by atoms with Crippen LogP contribution in [0.2, 0.25) is 0 Å². The van der Waals surface area contributed by atoms with E-state index in [4.69, 9.17) is 10.5 Å². The van der Waals surface area contributed by atoms with E-state index < -0.39 is 0 Å². The highest BCUT2D eigenvalue weighted by molar-refractivity contribution is 5.85. The first-order valence-corrected chi connectivity index (χ1v) is 6.51. The molecule has 0 amide bonds. The summed E-state index contributed by atoms with van der Waals surface area (Å²) in [6, 6.07) is 9.71. The number of nitrogen functional groups attached to an aromatic ring is 1. The van der Waals surface area contributed by atoms with E-state index in [0.29, 0.717) is 12.4 Å². The topological polar surface area (TPSA) is 53.1 Å². The summed E-state index contributed by atoms with van der Waals surface area (Å²) < 4.78 is 7.25. The van der Waals surface area contributed by atoms with Crippen molar-refractivity contribution in [1.82, 2.24) is 9.78 Å². The lowest BCUT2D eigenvalue weighted by Crippen LogP contribution is -2.12. The molecule has 0 saturated carbocycles. The molecule has 0 fully saturated rings. The number of ether oxygens (including phenoxy) is 1. The number of hydrogen-bond acceptors (Lipinski definition) is 3. The molecule has 0 radical (unpaired) electrons. The van der Waals surface area contributed by atoms with E-state index in [1.807, 2.05) is 37.3 Å². The van der Waals surface area contributed by atoms with Crippen LogP contribution in [-0.4, -0.2) is 16.4 Å². The summed E-state index contributed by atoms with van der Waals surface area (Å²) in [6.07, 6.45) is 0. The Balaban J connectivity index is 0.00000200. The monoisotopic (exact) mass is 295 g/mol. The van der Waals surface area contributed by atoms with Gasteiger partial charge < -0.3 is 10.5 Å². The van der Waals surface area contributed by atoms with E-state index in [-0.39, 0.29) is 17.8 Å². The Labute approximate surface area is 126 Å². The Bertz CT molecular complexity index is 573. The Morgan fingerprint density at radius 3 is 2.50 bits per heavy atom. The van der Waals surface area contributed by atoms with Crippen molar-refractivity contribution in [3.05, 3.63) is 36.0 Å². The molecule has 0 unspecified atom stereocenters. The SMILES string of the molecule is CCOc1cccc(-n2nc(C(C)(C)C)cc2N)c1.Cl. The lowest BCUT2D eigenvalue weighted by Gasteiger charge is -2.14. The first kappa shape index (κ1) is 16.4. The molecule has 2 aromatic rings. The smallest absolute Gasteiger partial charge is 0.127 e. The first-order chi connectivity index (χ1) is 8.91. The van der Waals surface area contributed by atoms with Gasteiger partial charge in [-0.1, -0.05) is 26.8 Å². The van der Waals surface area contributed by atoms with Crippen LogP contribution in [0, 0.1) is 0 Å². The average molecular weight is 296 g/mol. The summed E-state index contributed by atoms with van der Waals surface area (Å²) in [5.74, 6) is 1.46. The maximum absolute atomic E-state index is 6.05. The highest BCUT2D eigenvalue weighted by Crippen LogP contribution is 2.25. The van der Waals surface area contributed by atoms with Crippen LogP contribution in [0.25, 0.3) is 5.69 Å². The van der Waals surface area contributed by atoms with Gasteiger partial charge in [-0.15, -0.1) is 12.4 Å². The zero-order chi connectivity index (χ0) is 14.0. The van der Waals surface area contributed by atoms with Crippen LogP contribution in [0.15, 0.2) is 30.3 Å². The normalized spacial score (nSPS) is 11.0. The summed E-state index contributed by atoms with van der Waals surface area (Å²) in [6.45, 7) is 8.97. The van der Waals surface area contributed by atoms with Gasteiger partial charge in [0.25, 0.3) is 0 Å². The second kappa shape index (κ2) is 6.18. The molecule has 0 saturated heterocycles. The highest BCUT2D eigenvalue weighted by atomic mass is 35.5. The van der Waals surface area contributed by atoms with Crippen molar-refractivity contribution in [2.45, 2.75) is 33.1 Å². The molecule has 0 aliphatic carbocycles. The molecule has 0 spiro atoms. The highest BCUT2D eigenvalue weighted by Gasteiger charge is 2.19. The van der Waals surface area contributed by atoms with Crippen molar-refractivity contribution in [3.8, 4) is 11.4 Å². The van der Waals surface area contributed by atoms with Gasteiger partial charge >= 0.3 is 0 Å². The third kappa shape index (κ3) is 3.45. The molecule has 1 aromatic carbocycles. The molecule has 2 N–H and O–H groups in total. The maximum Gasteiger partial charge on any atom is 0.127 e. The van der Waals surface area contributed by atoms with E-state index in [0.717, 1.165) is 17.1 Å². The fourth-order valence-corrected chi connectivity index (χ4v) is 1.84. The third-order valence-electron chi connectivity index (χ3n) is 2.88. The standard InChI is InChI=1S/C15H21N3O.ClH/c1-5-19-12-8-6-7-11(9-12)18-14(16)10-13(17-18)15(2,3)4;/h6-10H,5,16H2,1-4H3;1H. The molecule has 4 nitrogen and oxygen atoms in total. The Kier molecular flexibility index (Phi) is 5.06. The molecule has 1 aromatic heterocycles. The molecule has 110 valence electrons. The maximum atomic E-state index is 6.05. The predicted molar refractivity (Wildman–Crippen MR) is 85.1 cm³/mol. The number of nitrogens with zero attached hydrogens (tertiary/aromatic N) is 2. The fraction of sp³-hybridized carbons (Fsp3) is 0.400. The first-order valence-electron chi connectivity index (χ1n) is 6.51. The van der Waals surface area contributed by atoms with Crippen LogP contribution in [0.5, 0.6) is 5.75 Å². The van der Waals surface area contributed by atoms with E-state index in [1.165, 1.54) is 0 Å². The van der Waals surface area contributed by atoms with E-state index in [1.54, 1.807) is 4.68 Å². The van der Waals surface area contributed by atoms with Gasteiger partial charge in [-0.2, -0.15) is 5.10 Å². The molecular formula is C15H22ClN3O. The van der Waals surface area contributed by atoms with Crippen LogP contribution in [-0.2, 0) is 5.41 Å². The van der Waals surface area contributed by atoms with Crippen LogP contribution in [0.4, 0.5) is 5.82 Å². The van der Waals surface area contributed by atoms with Crippen LogP contribution in [0.1, 0.15) is 33.4 Å². The van der Waals surface area contributed by atoms with E-state index in [2.05, 4.69) is 25.9 Å². The van der Waals surface area contributed by atoms with Crippen molar-refractivity contribution >= 4 is 18.2 Å². The summed E-state index contributed by atoms with van der Waals surface area (Å²) in [4.78, 5) is 0. The number of rotatable bonds is 3. The second-order valence-corrected chi connectivity index (χ2v) is 5.55. The lowest BCUT2D eigenvalue weighted by atomic mass is 9.92. The average Bonchev–Trinajstić information content (AvgIpc) is 2.72. The van der Waals surface area contributed by atoms with Crippen molar-refractivity contribution in [2.24, 2.45) is 0 Å². The van der Waals surface area contributed by atoms with Crippen molar-refractivity contribution in [3.63, 3.8) is 0 Å². The molecule has 1 heterocycles. The lowest BCUT2D eigenvalue weighted by molar-refractivity contribution is 0.340. The Morgan fingerprint density at radius 1 is 1.25 bits per heavy atom. The van der Waals surface area contributed by atoms with Gasteiger partial charge in [0.1, 0.15) is 11.6 Å². The fourth-order valence-electron chi connectivity index (χ4n) is 1.84. The summed E-state index contributed by atoms with van der Waals surface area (Å²) in [5, 5.41) is 4.59. The zero-order valence-electron chi connectivity index (χ0n) is 12.4. The minimum absolute atomic E-state index is 0. The predicted octanol–water partition coefficient (Wildman–Crippen LogP) is 3.57. The molecule has 20 heavy (non-hydrogen) atoms. The van der Waals surface area contributed by atoms with Crippen molar-refractivity contribution in [1.29, 1.82) is 0 Å². The van der Waals surface area contributed by atoms with Gasteiger partial charge in [-0.05, 0) is 19.1 Å². The number of anilines is 1. The number of hydrogen-bond donors (Lipinski definition) is 1. The van der Waals surface area contributed by atoms with Gasteiger partial charge in [0.15, 0.2) is 0 Å². The molecule has 0 bridgehead atoms.